The van der Waals surface area contributed by atoms with Gasteiger partial charge in [0, 0.05) is 24.6 Å². The van der Waals surface area contributed by atoms with Crippen LogP contribution in [0.4, 0.5) is 5.69 Å². The summed E-state index contributed by atoms with van der Waals surface area (Å²) < 4.78 is 11.1. The normalized spacial score (nSPS) is 10.1. The molecular weight excluding hydrogens is 326 g/mol. The Morgan fingerprint density at radius 2 is 1.92 bits per heavy atom. The lowest BCUT2D eigenvalue weighted by molar-refractivity contribution is -0.111. The van der Waals surface area contributed by atoms with Crippen LogP contribution in [-0.4, -0.2) is 19.6 Å². The van der Waals surface area contributed by atoms with Crippen LogP contribution in [0.3, 0.4) is 0 Å². The Morgan fingerprint density at radius 1 is 1.12 bits per heavy atom. The molecule has 0 fully saturated rings. The predicted octanol–water partition coefficient (Wildman–Crippen LogP) is 4.53. The van der Waals surface area contributed by atoms with Gasteiger partial charge >= 0.3 is 0 Å². The summed E-state index contributed by atoms with van der Waals surface area (Å²) in [5, 5.41) is 2.80. The molecule has 4 nitrogen and oxygen atoms in total. The Morgan fingerprint density at radius 3 is 2.65 bits per heavy atom. The molecule has 2 aromatic rings. The minimum absolute atomic E-state index is 0.190. The fourth-order valence-corrected chi connectivity index (χ4v) is 2.21. The van der Waals surface area contributed by atoms with E-state index in [0.717, 1.165) is 17.7 Å². The second kappa shape index (κ2) is 10.6. The Labute approximate surface area is 154 Å². The van der Waals surface area contributed by atoms with Gasteiger partial charge in [0.25, 0.3) is 0 Å². The van der Waals surface area contributed by atoms with Crippen LogP contribution < -0.4 is 14.8 Å². The molecule has 0 aliphatic heterocycles. The maximum atomic E-state index is 12.0. The van der Waals surface area contributed by atoms with Gasteiger partial charge < -0.3 is 14.8 Å². The maximum absolute atomic E-state index is 12.0. The van der Waals surface area contributed by atoms with E-state index < -0.39 is 0 Å². The molecule has 0 saturated heterocycles. The van der Waals surface area contributed by atoms with E-state index in [-0.39, 0.29) is 5.91 Å². The smallest absolute Gasteiger partial charge is 0.248 e. The number of carbonyl (C=O) groups is 1. The van der Waals surface area contributed by atoms with Crippen LogP contribution in [0.15, 0.2) is 54.6 Å². The van der Waals surface area contributed by atoms with Crippen LogP contribution in [0, 0.1) is 11.8 Å². The molecule has 0 radical (unpaired) electrons. The van der Waals surface area contributed by atoms with E-state index in [1.807, 2.05) is 55.5 Å². The van der Waals surface area contributed by atoms with Crippen molar-refractivity contribution in [2.45, 2.75) is 19.8 Å². The van der Waals surface area contributed by atoms with Crippen molar-refractivity contribution >= 4 is 17.7 Å². The highest BCUT2D eigenvalue weighted by molar-refractivity contribution is 6.01. The molecule has 4 heteroatoms. The number of rotatable bonds is 7. The van der Waals surface area contributed by atoms with Crippen molar-refractivity contribution in [2.24, 2.45) is 0 Å². The van der Waals surface area contributed by atoms with Crippen LogP contribution in [0.2, 0.25) is 0 Å². The van der Waals surface area contributed by atoms with Gasteiger partial charge in [-0.1, -0.05) is 37.1 Å². The van der Waals surface area contributed by atoms with Crippen molar-refractivity contribution < 1.29 is 14.3 Å². The van der Waals surface area contributed by atoms with Crippen LogP contribution in [0.1, 0.15) is 25.3 Å². The highest BCUT2D eigenvalue weighted by atomic mass is 16.5. The van der Waals surface area contributed by atoms with E-state index in [4.69, 9.17) is 9.47 Å². The van der Waals surface area contributed by atoms with Crippen molar-refractivity contribution in [3.05, 3.63) is 60.2 Å². The van der Waals surface area contributed by atoms with E-state index in [9.17, 15) is 4.79 Å². The summed E-state index contributed by atoms with van der Waals surface area (Å²) in [6, 6.07) is 14.9. The number of hydrogen-bond acceptors (Lipinski definition) is 3. The van der Waals surface area contributed by atoms with Gasteiger partial charge in [0.2, 0.25) is 5.91 Å². The number of hydrogen-bond donors (Lipinski definition) is 1. The number of methoxy groups -OCH3 is 1. The van der Waals surface area contributed by atoms with Gasteiger partial charge in [-0.05, 0) is 35.9 Å². The summed E-state index contributed by atoms with van der Waals surface area (Å²) >= 11 is 0. The van der Waals surface area contributed by atoms with Crippen molar-refractivity contribution in [3.8, 4) is 23.3 Å². The quantitative estimate of drug-likeness (QED) is 0.454. The highest BCUT2D eigenvalue weighted by Gasteiger charge is 2.05. The second-order valence-electron chi connectivity index (χ2n) is 5.40. The summed E-state index contributed by atoms with van der Waals surface area (Å²) in [6.07, 6.45) is 4.75. The van der Waals surface area contributed by atoms with Gasteiger partial charge in [-0.3, -0.25) is 4.79 Å². The zero-order valence-electron chi connectivity index (χ0n) is 15.1. The molecule has 2 aromatic carbocycles. The van der Waals surface area contributed by atoms with Crippen molar-refractivity contribution in [1.82, 2.24) is 0 Å². The summed E-state index contributed by atoms with van der Waals surface area (Å²) in [7, 11) is 1.59. The number of ether oxygens (including phenoxy) is 2. The third-order valence-corrected chi connectivity index (χ3v) is 3.44. The maximum Gasteiger partial charge on any atom is 0.248 e. The Balaban J connectivity index is 1.96. The molecule has 26 heavy (non-hydrogen) atoms. The first kappa shape index (κ1) is 19.1. The van der Waals surface area contributed by atoms with Crippen molar-refractivity contribution in [1.29, 1.82) is 0 Å². The molecule has 1 N–H and O–H groups in total. The van der Waals surface area contributed by atoms with Crippen LogP contribution in [-0.2, 0) is 4.79 Å². The number of para-hydroxylation sites is 1. The number of carbonyl (C=O) groups excluding carboxylic acids is 1. The number of anilines is 1. The van der Waals surface area contributed by atoms with Crippen molar-refractivity contribution in [3.63, 3.8) is 0 Å². The lowest BCUT2D eigenvalue weighted by Crippen LogP contribution is -2.07. The molecule has 2 rings (SSSR count). The van der Waals surface area contributed by atoms with Crippen LogP contribution in [0.25, 0.3) is 6.08 Å². The predicted molar refractivity (Wildman–Crippen MR) is 105 cm³/mol. The molecule has 134 valence electrons. The molecule has 0 unspecified atom stereocenters. The lowest BCUT2D eigenvalue weighted by Gasteiger charge is -2.10. The van der Waals surface area contributed by atoms with E-state index in [1.54, 1.807) is 13.2 Å². The molecule has 0 aliphatic carbocycles. The van der Waals surface area contributed by atoms with Gasteiger partial charge in [-0.2, -0.15) is 0 Å². The number of nitrogens with one attached hydrogen (secondary N) is 1. The summed E-state index contributed by atoms with van der Waals surface area (Å²) in [4.78, 5) is 12.0. The van der Waals surface area contributed by atoms with E-state index in [0.29, 0.717) is 24.5 Å². The largest absolute Gasteiger partial charge is 0.493 e. The first-order chi connectivity index (χ1) is 12.7. The third-order valence-electron chi connectivity index (χ3n) is 3.44. The average Bonchev–Trinajstić information content (AvgIpc) is 2.67. The molecule has 1 amide bonds. The first-order valence-corrected chi connectivity index (χ1v) is 8.53. The van der Waals surface area contributed by atoms with E-state index in [1.165, 1.54) is 6.08 Å². The van der Waals surface area contributed by atoms with Crippen molar-refractivity contribution in [2.75, 3.05) is 19.0 Å². The zero-order chi connectivity index (χ0) is 18.6. The topological polar surface area (TPSA) is 47.6 Å². The molecule has 0 aromatic heterocycles. The Bertz CT molecular complexity index is 801. The first-order valence-electron chi connectivity index (χ1n) is 8.53. The number of amides is 1. The SMILES string of the molecule is CCC#CCCOc1ccc(/C=C/C(=O)Nc2ccccc2)cc1OC. The van der Waals surface area contributed by atoms with Gasteiger partial charge in [-0.15, -0.1) is 5.92 Å². The van der Waals surface area contributed by atoms with Gasteiger partial charge in [0.05, 0.1) is 13.7 Å². The number of benzene rings is 2. The fraction of sp³-hybridized carbons (Fsp3) is 0.227. The molecule has 0 spiro atoms. The Hall–Kier alpha value is -3.19. The summed E-state index contributed by atoms with van der Waals surface area (Å²) in [5.74, 6) is 7.14. The lowest BCUT2D eigenvalue weighted by atomic mass is 10.2. The van der Waals surface area contributed by atoms with E-state index in [2.05, 4.69) is 17.2 Å². The van der Waals surface area contributed by atoms with Crippen LogP contribution in [0.5, 0.6) is 11.5 Å². The fourth-order valence-electron chi connectivity index (χ4n) is 2.21. The standard InChI is InChI=1S/C22H23NO3/c1-3-4-5-9-16-26-20-14-12-18(17-21(20)25-2)13-15-22(24)23-19-10-7-6-8-11-19/h6-8,10-15,17H,3,9,16H2,1-2H3,(H,23,24)/b15-13+. The molecule has 0 aliphatic rings. The van der Waals surface area contributed by atoms with Gasteiger partial charge in [0.15, 0.2) is 11.5 Å². The van der Waals surface area contributed by atoms with Gasteiger partial charge in [-0.25, -0.2) is 0 Å². The second-order valence-corrected chi connectivity index (χ2v) is 5.40. The minimum atomic E-state index is -0.190. The monoisotopic (exact) mass is 349 g/mol. The third kappa shape index (κ3) is 6.37. The minimum Gasteiger partial charge on any atom is -0.493 e. The molecular formula is C22H23NO3. The molecule has 0 heterocycles. The highest BCUT2D eigenvalue weighted by Crippen LogP contribution is 2.28. The summed E-state index contributed by atoms with van der Waals surface area (Å²) in [5.41, 5.74) is 1.61. The Kier molecular flexibility index (Phi) is 7.82. The van der Waals surface area contributed by atoms with E-state index >= 15 is 0 Å². The summed E-state index contributed by atoms with van der Waals surface area (Å²) in [6.45, 7) is 2.53. The zero-order valence-corrected chi connectivity index (χ0v) is 15.1. The molecule has 0 bridgehead atoms. The average molecular weight is 349 g/mol. The molecule has 0 atom stereocenters. The van der Waals surface area contributed by atoms with Crippen LogP contribution >= 0.6 is 0 Å². The van der Waals surface area contributed by atoms with Gasteiger partial charge in [0.1, 0.15) is 0 Å². The molecule has 0 saturated carbocycles.